The van der Waals surface area contributed by atoms with Gasteiger partial charge in [0.25, 0.3) is 5.69 Å². The van der Waals surface area contributed by atoms with Crippen molar-refractivity contribution in [3.63, 3.8) is 0 Å². The molecule has 0 aliphatic heterocycles. The van der Waals surface area contributed by atoms with E-state index in [2.05, 4.69) is 10.5 Å². The number of anilines is 1. The molecule has 8 nitrogen and oxygen atoms in total. The molecule has 0 saturated carbocycles. The fraction of sp³-hybridized carbons (Fsp3) is 0. The van der Waals surface area contributed by atoms with Crippen LogP contribution in [0.25, 0.3) is 0 Å². The third-order valence-corrected chi connectivity index (χ3v) is 1.83. The summed E-state index contributed by atoms with van der Waals surface area (Å²) in [6, 6.07) is 8.31. The number of non-ortho nitro benzene ring substituents is 1. The Balaban J connectivity index is 3.10. The average molecular weight is 240 g/mol. The van der Waals surface area contributed by atoms with E-state index in [9.17, 15) is 10.1 Å². The van der Waals surface area contributed by atoms with E-state index in [0.717, 1.165) is 6.07 Å². The van der Waals surface area contributed by atoms with Crippen molar-refractivity contribution in [1.29, 1.82) is 15.8 Å². The van der Waals surface area contributed by atoms with E-state index in [4.69, 9.17) is 15.8 Å². The minimum atomic E-state index is -0.635. The molecule has 0 unspecified atom stereocenters. The van der Waals surface area contributed by atoms with Crippen LogP contribution < -0.4 is 5.43 Å². The van der Waals surface area contributed by atoms with Crippen molar-refractivity contribution in [3.05, 3.63) is 33.9 Å². The second kappa shape index (κ2) is 5.59. The highest BCUT2D eigenvalue weighted by Crippen LogP contribution is 2.21. The van der Waals surface area contributed by atoms with E-state index in [1.54, 1.807) is 6.07 Å². The molecule has 0 aliphatic rings. The fourth-order valence-electron chi connectivity index (χ4n) is 1.03. The van der Waals surface area contributed by atoms with Gasteiger partial charge < -0.3 is 0 Å². The van der Waals surface area contributed by atoms with Crippen molar-refractivity contribution in [2.24, 2.45) is 5.10 Å². The van der Waals surface area contributed by atoms with Crippen molar-refractivity contribution in [3.8, 4) is 18.2 Å². The Labute approximate surface area is 101 Å². The quantitative estimate of drug-likeness (QED) is 0.479. The molecule has 1 aromatic carbocycles. The second-order valence-corrected chi connectivity index (χ2v) is 2.89. The summed E-state index contributed by atoms with van der Waals surface area (Å²) in [5.41, 5.74) is 1.84. The lowest BCUT2D eigenvalue weighted by molar-refractivity contribution is -0.384. The van der Waals surface area contributed by atoms with Gasteiger partial charge in [-0.1, -0.05) is 0 Å². The number of benzene rings is 1. The third kappa shape index (κ3) is 2.78. The number of nitriles is 3. The van der Waals surface area contributed by atoms with E-state index >= 15 is 0 Å². The van der Waals surface area contributed by atoms with Crippen molar-refractivity contribution < 1.29 is 4.92 Å². The Hall–Kier alpha value is -3.44. The SMILES string of the molecule is N#CC(C#N)=NNc1ccc([N+](=O)[O-])cc1C#N. The van der Waals surface area contributed by atoms with Gasteiger partial charge in [-0.2, -0.15) is 20.9 Å². The van der Waals surface area contributed by atoms with Gasteiger partial charge in [-0.25, -0.2) is 0 Å². The normalized spacial score (nSPS) is 8.28. The Kier molecular flexibility index (Phi) is 3.92. The summed E-state index contributed by atoms with van der Waals surface area (Å²) in [6.45, 7) is 0. The highest BCUT2D eigenvalue weighted by molar-refractivity contribution is 6.10. The fourth-order valence-corrected chi connectivity index (χ4v) is 1.03. The maximum Gasteiger partial charge on any atom is 0.270 e. The van der Waals surface area contributed by atoms with Crippen molar-refractivity contribution >= 4 is 17.1 Å². The smallest absolute Gasteiger partial charge is 0.270 e. The van der Waals surface area contributed by atoms with Crippen LogP contribution in [0.5, 0.6) is 0 Å². The molecule has 0 atom stereocenters. The van der Waals surface area contributed by atoms with Gasteiger partial charge in [-0.05, 0) is 6.07 Å². The summed E-state index contributed by atoms with van der Waals surface area (Å²) in [6.07, 6.45) is 0. The van der Waals surface area contributed by atoms with Crippen LogP contribution in [0, 0.1) is 44.1 Å². The lowest BCUT2D eigenvalue weighted by Crippen LogP contribution is -1.99. The van der Waals surface area contributed by atoms with Crippen molar-refractivity contribution in [2.75, 3.05) is 5.43 Å². The van der Waals surface area contributed by atoms with Crippen molar-refractivity contribution in [2.45, 2.75) is 0 Å². The molecule has 0 aliphatic carbocycles. The van der Waals surface area contributed by atoms with Crippen LogP contribution in [-0.4, -0.2) is 10.6 Å². The zero-order valence-electron chi connectivity index (χ0n) is 8.78. The number of nitro benzene ring substituents is 1. The lowest BCUT2D eigenvalue weighted by atomic mass is 10.2. The first kappa shape index (κ1) is 12.6. The zero-order chi connectivity index (χ0) is 13.5. The lowest BCUT2D eigenvalue weighted by Gasteiger charge is -2.01. The molecule has 0 fully saturated rings. The van der Waals surface area contributed by atoms with Gasteiger partial charge in [0.1, 0.15) is 18.2 Å². The minimum absolute atomic E-state index is 0.0109. The van der Waals surface area contributed by atoms with E-state index in [1.807, 2.05) is 0 Å². The zero-order valence-corrected chi connectivity index (χ0v) is 8.78. The topological polar surface area (TPSA) is 139 Å². The first-order valence-corrected chi connectivity index (χ1v) is 4.44. The van der Waals surface area contributed by atoms with Gasteiger partial charge in [0, 0.05) is 12.1 Å². The van der Waals surface area contributed by atoms with E-state index < -0.39 is 10.6 Å². The molecule has 18 heavy (non-hydrogen) atoms. The number of hydrazone groups is 1. The summed E-state index contributed by atoms with van der Waals surface area (Å²) in [5, 5.41) is 39.7. The predicted molar refractivity (Wildman–Crippen MR) is 60.1 cm³/mol. The number of nitrogens with one attached hydrogen (secondary N) is 1. The molecular formula is C10H4N6O2. The maximum atomic E-state index is 10.5. The molecule has 0 bridgehead atoms. The molecule has 0 amide bonds. The van der Waals surface area contributed by atoms with Crippen LogP contribution in [0.1, 0.15) is 5.56 Å². The van der Waals surface area contributed by atoms with E-state index in [-0.39, 0.29) is 16.9 Å². The van der Waals surface area contributed by atoms with Gasteiger partial charge in [-0.15, -0.1) is 0 Å². The maximum absolute atomic E-state index is 10.5. The Morgan fingerprint density at radius 3 is 2.50 bits per heavy atom. The van der Waals surface area contributed by atoms with Gasteiger partial charge in [-0.3, -0.25) is 15.5 Å². The number of nitrogens with zero attached hydrogens (tertiary/aromatic N) is 5. The molecule has 0 heterocycles. The van der Waals surface area contributed by atoms with E-state index in [1.165, 1.54) is 24.3 Å². The molecule has 1 aromatic rings. The summed E-state index contributed by atoms with van der Waals surface area (Å²) in [4.78, 5) is 9.87. The van der Waals surface area contributed by atoms with Gasteiger partial charge in [0.15, 0.2) is 0 Å². The number of hydrogen-bond acceptors (Lipinski definition) is 7. The molecule has 0 radical (unpaired) electrons. The molecule has 0 spiro atoms. The molecule has 0 saturated heterocycles. The Morgan fingerprint density at radius 2 is 2.00 bits per heavy atom. The number of nitro groups is 1. The van der Waals surface area contributed by atoms with E-state index in [0.29, 0.717) is 0 Å². The van der Waals surface area contributed by atoms with Crippen LogP contribution in [0.15, 0.2) is 23.3 Å². The summed E-state index contributed by atoms with van der Waals surface area (Å²) < 4.78 is 0. The first-order chi connectivity index (χ1) is 8.62. The monoisotopic (exact) mass is 240 g/mol. The highest BCUT2D eigenvalue weighted by Gasteiger charge is 2.10. The molecule has 0 aromatic heterocycles. The largest absolute Gasteiger partial charge is 0.275 e. The first-order valence-electron chi connectivity index (χ1n) is 4.44. The average Bonchev–Trinajstić information content (AvgIpc) is 2.39. The Bertz CT molecular complexity index is 628. The van der Waals surface area contributed by atoms with Crippen LogP contribution >= 0.6 is 0 Å². The van der Waals surface area contributed by atoms with Crippen LogP contribution in [0.4, 0.5) is 11.4 Å². The molecular weight excluding hydrogens is 236 g/mol. The van der Waals surface area contributed by atoms with Crippen LogP contribution in [0.3, 0.4) is 0 Å². The summed E-state index contributed by atoms with van der Waals surface area (Å²) in [7, 11) is 0. The van der Waals surface area contributed by atoms with Crippen LogP contribution in [-0.2, 0) is 0 Å². The second-order valence-electron chi connectivity index (χ2n) is 2.89. The summed E-state index contributed by atoms with van der Waals surface area (Å²) >= 11 is 0. The number of hydrogen-bond donors (Lipinski definition) is 1. The minimum Gasteiger partial charge on any atom is -0.275 e. The van der Waals surface area contributed by atoms with Crippen molar-refractivity contribution in [1.82, 2.24) is 0 Å². The van der Waals surface area contributed by atoms with Gasteiger partial charge in [0.05, 0.1) is 16.2 Å². The molecule has 1 rings (SSSR count). The van der Waals surface area contributed by atoms with Gasteiger partial charge in [0.2, 0.25) is 5.71 Å². The predicted octanol–water partition coefficient (Wildman–Crippen LogP) is 1.28. The summed E-state index contributed by atoms with van der Waals surface area (Å²) in [5.74, 6) is 0. The third-order valence-electron chi connectivity index (χ3n) is 1.83. The molecule has 86 valence electrons. The highest BCUT2D eigenvalue weighted by atomic mass is 16.6. The molecule has 8 heteroatoms. The van der Waals surface area contributed by atoms with Crippen LogP contribution in [0.2, 0.25) is 0 Å². The Morgan fingerprint density at radius 1 is 1.33 bits per heavy atom. The standard InChI is InChI=1S/C10H4N6O2/c11-4-7-3-9(16(17)18)1-2-10(7)15-14-8(5-12)6-13/h1-3,15H. The number of rotatable bonds is 3. The van der Waals surface area contributed by atoms with Gasteiger partial charge >= 0.3 is 0 Å². The molecule has 1 N–H and O–H groups in total.